The molecular formula is C21H18Cl2N6O3. The van der Waals surface area contributed by atoms with E-state index in [1.807, 2.05) is 0 Å². The van der Waals surface area contributed by atoms with E-state index in [2.05, 4.69) is 20.4 Å². The van der Waals surface area contributed by atoms with Gasteiger partial charge in [-0.1, -0.05) is 23.2 Å². The highest BCUT2D eigenvalue weighted by Crippen LogP contribution is 2.30. The van der Waals surface area contributed by atoms with Gasteiger partial charge in [0.1, 0.15) is 23.1 Å². The molecule has 32 heavy (non-hydrogen) atoms. The Labute approximate surface area is 192 Å². The molecule has 4 rings (SSSR count). The summed E-state index contributed by atoms with van der Waals surface area (Å²) in [6, 6.07) is 9.44. The van der Waals surface area contributed by atoms with Gasteiger partial charge in [0, 0.05) is 10.7 Å². The van der Waals surface area contributed by atoms with Gasteiger partial charge in [-0.25, -0.2) is 14.6 Å². The molecule has 11 heteroatoms. The number of nitrogens with one attached hydrogen (secondary N) is 1. The number of hydrogen-bond donors (Lipinski definition) is 3. The van der Waals surface area contributed by atoms with Crippen LogP contribution in [0.3, 0.4) is 0 Å². The Morgan fingerprint density at radius 2 is 2.00 bits per heavy atom. The van der Waals surface area contributed by atoms with Gasteiger partial charge in [-0.3, -0.25) is 4.79 Å². The lowest BCUT2D eigenvalue weighted by atomic mass is 10.1. The van der Waals surface area contributed by atoms with Crippen LogP contribution >= 0.6 is 23.2 Å². The van der Waals surface area contributed by atoms with Crippen LogP contribution in [-0.4, -0.2) is 37.9 Å². The average Bonchev–Trinajstić information content (AvgIpc) is 3.10. The summed E-state index contributed by atoms with van der Waals surface area (Å²) in [7, 11) is 1.47. The lowest BCUT2D eigenvalue weighted by Crippen LogP contribution is -2.21. The largest absolute Gasteiger partial charge is 0.497 e. The van der Waals surface area contributed by atoms with Crippen LogP contribution in [0.1, 0.15) is 17.4 Å². The van der Waals surface area contributed by atoms with Gasteiger partial charge >= 0.3 is 0 Å². The van der Waals surface area contributed by atoms with Crippen molar-refractivity contribution in [2.24, 2.45) is 0 Å². The minimum atomic E-state index is -1.46. The fourth-order valence-electron chi connectivity index (χ4n) is 3.27. The summed E-state index contributed by atoms with van der Waals surface area (Å²) in [6.07, 6.45) is -0.0896. The van der Waals surface area contributed by atoms with Crippen molar-refractivity contribution in [2.45, 2.75) is 13.0 Å². The molecule has 2 heterocycles. The quantitative estimate of drug-likeness (QED) is 0.403. The van der Waals surface area contributed by atoms with E-state index in [-0.39, 0.29) is 5.82 Å². The number of ether oxygens (including phenoxy) is 1. The zero-order valence-corrected chi connectivity index (χ0v) is 18.5. The lowest BCUT2D eigenvalue weighted by molar-refractivity contribution is -0.124. The number of aryl methyl sites for hydroxylation is 1. The third kappa shape index (κ3) is 4.05. The number of fused-ring (bicyclic) bond motifs is 1. The highest BCUT2D eigenvalue weighted by Gasteiger charge is 2.20. The predicted octanol–water partition coefficient (Wildman–Crippen LogP) is 3.69. The maximum Gasteiger partial charge on any atom is 0.257 e. The number of nitrogen functional groups attached to an aromatic ring is 1. The van der Waals surface area contributed by atoms with E-state index in [1.165, 1.54) is 25.6 Å². The Morgan fingerprint density at radius 3 is 2.72 bits per heavy atom. The molecule has 0 aliphatic rings. The molecule has 0 spiro atoms. The topological polar surface area (TPSA) is 128 Å². The number of carbonyl (C=O) groups excluding carboxylic acids is 1. The standard InChI is InChI=1S/C21H18Cl2N6O3/c1-10-17-18(20(24)26-9-25-17)29(28-10)16-4-3-13(8-15(16)23)27-21(31)19(30)11-5-12(22)7-14(6-11)32-2/h3-9,19,30H,1-2H3,(H,27,31)(H2,24,25,26)/t19-/m1/s1. The molecule has 0 saturated heterocycles. The molecular weight excluding hydrogens is 455 g/mol. The van der Waals surface area contributed by atoms with E-state index in [4.69, 9.17) is 33.7 Å². The van der Waals surface area contributed by atoms with Gasteiger partial charge in [0.05, 0.1) is 23.5 Å². The number of benzene rings is 2. The van der Waals surface area contributed by atoms with E-state index in [1.54, 1.807) is 35.9 Å². The molecule has 1 atom stereocenters. The number of hydrogen-bond acceptors (Lipinski definition) is 7. The molecule has 1 amide bonds. The normalized spacial score (nSPS) is 12.0. The second kappa shape index (κ2) is 8.62. The van der Waals surface area contributed by atoms with Gasteiger partial charge in [0.15, 0.2) is 11.9 Å². The number of methoxy groups -OCH3 is 1. The minimum absolute atomic E-state index is 0.268. The van der Waals surface area contributed by atoms with E-state index in [0.29, 0.717) is 49.5 Å². The van der Waals surface area contributed by atoms with Gasteiger partial charge in [0.25, 0.3) is 5.91 Å². The number of carbonyl (C=O) groups is 1. The van der Waals surface area contributed by atoms with Gasteiger partial charge in [-0.05, 0) is 48.9 Å². The molecule has 0 aliphatic carbocycles. The molecule has 2 aromatic carbocycles. The SMILES string of the molecule is COc1cc(Cl)cc([C@@H](O)C(=O)Nc2ccc(-n3nc(C)c4ncnc(N)c43)c(Cl)c2)c1. The Kier molecular flexibility index (Phi) is 5.88. The summed E-state index contributed by atoms with van der Waals surface area (Å²) in [6.45, 7) is 1.81. The summed E-state index contributed by atoms with van der Waals surface area (Å²) in [5.41, 5.74) is 9.05. The zero-order chi connectivity index (χ0) is 23.0. The van der Waals surface area contributed by atoms with Crippen LogP contribution < -0.4 is 15.8 Å². The number of nitrogens with two attached hydrogens (primary N) is 1. The van der Waals surface area contributed by atoms with E-state index in [9.17, 15) is 9.90 Å². The Bertz CT molecular complexity index is 1340. The molecule has 164 valence electrons. The van der Waals surface area contributed by atoms with Crippen LogP contribution in [0.2, 0.25) is 10.0 Å². The summed E-state index contributed by atoms with van der Waals surface area (Å²) in [5.74, 6) is 0.0389. The molecule has 4 aromatic rings. The van der Waals surface area contributed by atoms with Crippen molar-refractivity contribution >= 4 is 51.6 Å². The summed E-state index contributed by atoms with van der Waals surface area (Å²) >= 11 is 12.5. The number of aromatic nitrogens is 4. The zero-order valence-electron chi connectivity index (χ0n) is 17.0. The Balaban J connectivity index is 1.61. The molecule has 0 fully saturated rings. The maximum absolute atomic E-state index is 12.6. The maximum atomic E-state index is 12.6. The van der Waals surface area contributed by atoms with Crippen molar-refractivity contribution in [1.29, 1.82) is 0 Å². The van der Waals surface area contributed by atoms with E-state index < -0.39 is 12.0 Å². The fourth-order valence-corrected chi connectivity index (χ4v) is 3.76. The Morgan fingerprint density at radius 1 is 1.22 bits per heavy atom. The monoisotopic (exact) mass is 472 g/mol. The molecule has 0 radical (unpaired) electrons. The van der Waals surface area contributed by atoms with Crippen molar-refractivity contribution in [1.82, 2.24) is 19.7 Å². The number of aliphatic hydroxyl groups is 1. The number of anilines is 2. The summed E-state index contributed by atoms with van der Waals surface area (Å²) in [4.78, 5) is 20.8. The highest BCUT2D eigenvalue weighted by atomic mass is 35.5. The number of aliphatic hydroxyl groups excluding tert-OH is 1. The molecule has 0 saturated carbocycles. The molecule has 2 aromatic heterocycles. The van der Waals surface area contributed by atoms with Crippen LogP contribution in [0, 0.1) is 6.92 Å². The highest BCUT2D eigenvalue weighted by molar-refractivity contribution is 6.33. The van der Waals surface area contributed by atoms with Crippen LogP contribution in [-0.2, 0) is 4.79 Å². The molecule has 0 bridgehead atoms. The third-order valence-electron chi connectivity index (χ3n) is 4.79. The van der Waals surface area contributed by atoms with E-state index >= 15 is 0 Å². The first-order valence-electron chi connectivity index (χ1n) is 9.37. The first-order chi connectivity index (χ1) is 15.3. The molecule has 0 aliphatic heterocycles. The molecule has 0 unspecified atom stereocenters. The fraction of sp³-hybridized carbons (Fsp3) is 0.143. The van der Waals surface area contributed by atoms with Crippen LogP contribution in [0.15, 0.2) is 42.7 Å². The van der Waals surface area contributed by atoms with Crippen molar-refractivity contribution in [3.8, 4) is 11.4 Å². The van der Waals surface area contributed by atoms with Crippen molar-refractivity contribution in [2.75, 3.05) is 18.2 Å². The van der Waals surface area contributed by atoms with Gasteiger partial charge in [0.2, 0.25) is 0 Å². The van der Waals surface area contributed by atoms with Crippen LogP contribution in [0.4, 0.5) is 11.5 Å². The van der Waals surface area contributed by atoms with E-state index in [0.717, 1.165) is 0 Å². The predicted molar refractivity (Wildman–Crippen MR) is 122 cm³/mol. The number of amides is 1. The van der Waals surface area contributed by atoms with Crippen LogP contribution in [0.25, 0.3) is 16.7 Å². The molecule has 9 nitrogen and oxygen atoms in total. The number of rotatable bonds is 5. The second-order valence-corrected chi connectivity index (χ2v) is 7.78. The summed E-state index contributed by atoms with van der Waals surface area (Å²) in [5, 5.41) is 18.2. The van der Waals surface area contributed by atoms with Gasteiger partial charge in [-0.15, -0.1) is 0 Å². The van der Waals surface area contributed by atoms with Crippen molar-refractivity contribution in [3.63, 3.8) is 0 Å². The van der Waals surface area contributed by atoms with Gasteiger partial charge in [-0.2, -0.15) is 5.10 Å². The van der Waals surface area contributed by atoms with Crippen molar-refractivity contribution in [3.05, 3.63) is 64.0 Å². The van der Waals surface area contributed by atoms with Crippen LogP contribution in [0.5, 0.6) is 5.75 Å². The number of nitrogens with zero attached hydrogens (tertiary/aromatic N) is 4. The number of halogens is 2. The van der Waals surface area contributed by atoms with Gasteiger partial charge < -0.3 is 20.9 Å². The smallest absolute Gasteiger partial charge is 0.257 e. The first-order valence-corrected chi connectivity index (χ1v) is 10.1. The first kappa shape index (κ1) is 21.8. The average molecular weight is 473 g/mol. The second-order valence-electron chi connectivity index (χ2n) is 6.94. The summed E-state index contributed by atoms with van der Waals surface area (Å²) < 4.78 is 6.68. The minimum Gasteiger partial charge on any atom is -0.497 e. The lowest BCUT2D eigenvalue weighted by Gasteiger charge is -2.14. The van der Waals surface area contributed by atoms with Crippen molar-refractivity contribution < 1.29 is 14.6 Å². The molecule has 4 N–H and O–H groups in total. The Hall–Kier alpha value is -3.40. The third-order valence-corrected chi connectivity index (χ3v) is 5.31.